The lowest BCUT2D eigenvalue weighted by molar-refractivity contribution is -0.122. The van der Waals surface area contributed by atoms with Crippen molar-refractivity contribution in [3.8, 4) is 0 Å². The number of nitrogens with one attached hydrogen (secondary N) is 1. The summed E-state index contributed by atoms with van der Waals surface area (Å²) in [6.07, 6.45) is 11.9. The third kappa shape index (κ3) is 4.35. The van der Waals surface area contributed by atoms with Gasteiger partial charge in [0.2, 0.25) is 5.91 Å². The molecular formula is C19H28N4O. The zero-order valence-corrected chi connectivity index (χ0v) is 14.3. The molecule has 3 rings (SSSR count). The maximum atomic E-state index is 11.5. The summed E-state index contributed by atoms with van der Waals surface area (Å²) in [6.45, 7) is 3.50. The Morgan fingerprint density at radius 1 is 1.38 bits per heavy atom. The fourth-order valence-electron chi connectivity index (χ4n) is 3.71. The highest BCUT2D eigenvalue weighted by molar-refractivity contribution is 5.77. The Morgan fingerprint density at radius 2 is 2.29 bits per heavy atom. The van der Waals surface area contributed by atoms with Gasteiger partial charge in [0.05, 0.1) is 5.92 Å². The fraction of sp³-hybridized carbons (Fsp3) is 0.579. The second-order valence-corrected chi connectivity index (χ2v) is 6.96. The van der Waals surface area contributed by atoms with Crippen LogP contribution in [0, 0.1) is 11.8 Å². The van der Waals surface area contributed by atoms with E-state index in [-0.39, 0.29) is 11.8 Å². The van der Waals surface area contributed by atoms with Gasteiger partial charge in [0.1, 0.15) is 5.82 Å². The summed E-state index contributed by atoms with van der Waals surface area (Å²) in [5, 5.41) is 3.59. The Bertz CT molecular complexity index is 586. The van der Waals surface area contributed by atoms with Gasteiger partial charge in [-0.2, -0.15) is 0 Å². The summed E-state index contributed by atoms with van der Waals surface area (Å²) in [5.74, 6) is 1.49. The van der Waals surface area contributed by atoms with E-state index in [1.54, 1.807) is 0 Å². The number of nitrogens with zero attached hydrogens (tertiary/aromatic N) is 2. The summed E-state index contributed by atoms with van der Waals surface area (Å²) in [4.78, 5) is 18.3. The fourth-order valence-corrected chi connectivity index (χ4v) is 3.71. The van der Waals surface area contributed by atoms with E-state index in [9.17, 15) is 4.79 Å². The van der Waals surface area contributed by atoms with Crippen LogP contribution < -0.4 is 16.0 Å². The normalized spacial score (nSPS) is 24.1. The molecule has 1 aliphatic carbocycles. The largest absolute Gasteiger partial charge is 0.369 e. The number of carbonyl (C=O) groups is 1. The van der Waals surface area contributed by atoms with Crippen LogP contribution in [0.2, 0.25) is 0 Å². The number of carbonyl (C=O) groups excluding carboxylic acids is 1. The zero-order valence-electron chi connectivity index (χ0n) is 14.3. The van der Waals surface area contributed by atoms with Gasteiger partial charge in [-0.05, 0) is 50.6 Å². The van der Waals surface area contributed by atoms with Crippen LogP contribution in [0.1, 0.15) is 37.7 Å². The van der Waals surface area contributed by atoms with Crippen molar-refractivity contribution in [2.75, 3.05) is 24.5 Å². The lowest BCUT2D eigenvalue weighted by atomic mass is 9.94. The molecule has 1 aliphatic heterocycles. The first kappa shape index (κ1) is 17.0. The number of primary amides is 1. The molecule has 24 heavy (non-hydrogen) atoms. The van der Waals surface area contributed by atoms with E-state index in [0.717, 1.165) is 44.2 Å². The van der Waals surface area contributed by atoms with Crippen molar-refractivity contribution in [2.24, 2.45) is 17.6 Å². The Morgan fingerprint density at radius 3 is 3.08 bits per heavy atom. The quantitative estimate of drug-likeness (QED) is 0.786. The Labute approximate surface area is 144 Å². The molecule has 2 atom stereocenters. The van der Waals surface area contributed by atoms with Gasteiger partial charge in [0.25, 0.3) is 0 Å². The van der Waals surface area contributed by atoms with E-state index in [1.165, 1.54) is 24.8 Å². The first-order chi connectivity index (χ1) is 11.7. The van der Waals surface area contributed by atoms with Gasteiger partial charge in [-0.15, -0.1) is 0 Å². The molecule has 2 aliphatic rings. The molecule has 1 fully saturated rings. The third-order valence-corrected chi connectivity index (χ3v) is 5.12. The van der Waals surface area contributed by atoms with E-state index in [2.05, 4.69) is 33.4 Å². The van der Waals surface area contributed by atoms with Crippen LogP contribution >= 0.6 is 0 Å². The molecule has 1 saturated heterocycles. The van der Waals surface area contributed by atoms with Gasteiger partial charge >= 0.3 is 0 Å². The topological polar surface area (TPSA) is 71.2 Å². The van der Waals surface area contributed by atoms with Gasteiger partial charge in [-0.25, -0.2) is 4.98 Å². The van der Waals surface area contributed by atoms with Crippen molar-refractivity contribution in [1.82, 2.24) is 10.3 Å². The minimum absolute atomic E-state index is 0.0596. The first-order valence-corrected chi connectivity index (χ1v) is 9.08. The van der Waals surface area contributed by atoms with E-state index in [4.69, 9.17) is 5.73 Å². The summed E-state index contributed by atoms with van der Waals surface area (Å²) < 4.78 is 0. The molecule has 0 aromatic carbocycles. The van der Waals surface area contributed by atoms with Crippen LogP contribution in [-0.2, 0) is 11.3 Å². The Hall–Kier alpha value is -1.88. The van der Waals surface area contributed by atoms with Gasteiger partial charge < -0.3 is 16.0 Å². The molecule has 5 nitrogen and oxygen atoms in total. The number of hydrogen-bond donors (Lipinski definition) is 2. The molecule has 0 spiro atoms. The lowest BCUT2D eigenvalue weighted by Crippen LogP contribution is -2.42. The number of pyridine rings is 1. The van der Waals surface area contributed by atoms with Gasteiger partial charge in [0.15, 0.2) is 0 Å². The smallest absolute Gasteiger partial charge is 0.222 e. The highest BCUT2D eigenvalue weighted by Crippen LogP contribution is 2.24. The summed E-state index contributed by atoms with van der Waals surface area (Å²) in [7, 11) is 0. The highest BCUT2D eigenvalue weighted by Gasteiger charge is 2.25. The molecule has 0 radical (unpaired) electrons. The van der Waals surface area contributed by atoms with Crippen molar-refractivity contribution >= 4 is 11.7 Å². The standard InChI is InChI=1S/C19H28N4O/c20-18(24)17-9-5-11-23(14-17)19-16(8-4-10-22-19)13-21-12-15-6-2-1-3-7-15/h1-2,4,8,10,15,17,21H,3,5-7,9,11-14H2,(H2,20,24)/t15-,17-/m1/s1. The number of aromatic nitrogens is 1. The average molecular weight is 328 g/mol. The highest BCUT2D eigenvalue weighted by atomic mass is 16.1. The van der Waals surface area contributed by atoms with Crippen LogP contribution in [0.5, 0.6) is 0 Å². The third-order valence-electron chi connectivity index (χ3n) is 5.12. The first-order valence-electron chi connectivity index (χ1n) is 9.08. The SMILES string of the molecule is NC(=O)[C@@H]1CCCN(c2ncccc2CNC[C@@H]2CC=CCC2)C1. The van der Waals surface area contributed by atoms with Crippen LogP contribution in [0.3, 0.4) is 0 Å². The summed E-state index contributed by atoms with van der Waals surface area (Å²) in [6, 6.07) is 4.11. The van der Waals surface area contributed by atoms with Crippen LogP contribution in [0.15, 0.2) is 30.5 Å². The molecule has 2 heterocycles. The molecule has 1 aromatic heterocycles. The zero-order chi connectivity index (χ0) is 16.8. The Kier molecular flexibility index (Phi) is 5.86. The molecule has 0 bridgehead atoms. The molecule has 130 valence electrons. The molecule has 3 N–H and O–H groups in total. The van der Waals surface area contributed by atoms with Crippen LogP contribution in [0.4, 0.5) is 5.82 Å². The minimum Gasteiger partial charge on any atom is -0.369 e. The predicted octanol–water partition coefficient (Wildman–Crippen LogP) is 2.23. The number of anilines is 1. The number of nitrogens with two attached hydrogens (primary N) is 1. The average Bonchev–Trinajstić information content (AvgIpc) is 2.63. The van der Waals surface area contributed by atoms with Gasteiger partial charge in [-0.1, -0.05) is 18.2 Å². The number of piperidine rings is 1. The minimum atomic E-state index is -0.194. The Balaban J connectivity index is 1.60. The molecular weight excluding hydrogens is 300 g/mol. The van der Waals surface area contributed by atoms with Crippen molar-refractivity contribution in [1.29, 1.82) is 0 Å². The van der Waals surface area contributed by atoms with Crippen molar-refractivity contribution in [3.63, 3.8) is 0 Å². The second kappa shape index (κ2) is 8.29. The molecule has 0 saturated carbocycles. The number of hydrogen-bond acceptors (Lipinski definition) is 4. The summed E-state index contributed by atoms with van der Waals surface area (Å²) >= 11 is 0. The van der Waals surface area contributed by atoms with Crippen LogP contribution in [0.25, 0.3) is 0 Å². The number of amides is 1. The van der Waals surface area contributed by atoms with E-state index < -0.39 is 0 Å². The van der Waals surface area contributed by atoms with E-state index in [0.29, 0.717) is 6.54 Å². The van der Waals surface area contributed by atoms with E-state index >= 15 is 0 Å². The predicted molar refractivity (Wildman–Crippen MR) is 96.6 cm³/mol. The van der Waals surface area contributed by atoms with Crippen molar-refractivity contribution in [3.05, 3.63) is 36.0 Å². The molecule has 0 unspecified atom stereocenters. The number of rotatable bonds is 6. The van der Waals surface area contributed by atoms with Gasteiger partial charge in [-0.3, -0.25) is 4.79 Å². The monoisotopic (exact) mass is 328 g/mol. The van der Waals surface area contributed by atoms with Crippen molar-refractivity contribution < 1.29 is 4.79 Å². The lowest BCUT2D eigenvalue weighted by Gasteiger charge is -2.33. The molecule has 1 amide bonds. The number of allylic oxidation sites excluding steroid dienone is 2. The van der Waals surface area contributed by atoms with E-state index in [1.807, 2.05) is 12.3 Å². The van der Waals surface area contributed by atoms with Gasteiger partial charge in [0, 0.05) is 31.4 Å². The maximum absolute atomic E-state index is 11.5. The van der Waals surface area contributed by atoms with Crippen LogP contribution in [-0.4, -0.2) is 30.5 Å². The molecule has 5 heteroatoms. The molecule has 1 aromatic rings. The van der Waals surface area contributed by atoms with Crippen molar-refractivity contribution in [2.45, 2.75) is 38.6 Å². The summed E-state index contributed by atoms with van der Waals surface area (Å²) in [5.41, 5.74) is 6.71. The maximum Gasteiger partial charge on any atom is 0.222 e. The second-order valence-electron chi connectivity index (χ2n) is 6.96.